The van der Waals surface area contributed by atoms with Crippen LogP contribution in [0.5, 0.6) is 0 Å². The number of rotatable bonds is 5. The molecule has 1 N–H and O–H groups in total. The number of carbonyl (C=O) groups is 1. The summed E-state index contributed by atoms with van der Waals surface area (Å²) >= 11 is 4.70. The van der Waals surface area contributed by atoms with Gasteiger partial charge in [-0.2, -0.15) is 0 Å². The predicted molar refractivity (Wildman–Crippen MR) is 64.9 cm³/mol. The molecule has 1 unspecified atom stereocenters. The average molecular weight is 218 g/mol. The van der Waals surface area contributed by atoms with Crippen molar-refractivity contribution >= 4 is 23.1 Å². The van der Waals surface area contributed by atoms with Crippen molar-refractivity contribution in [1.82, 2.24) is 0 Å². The Kier molecular flexibility index (Phi) is 12.2. The number of hydrogen-bond acceptors (Lipinski definition) is 2. The van der Waals surface area contributed by atoms with Gasteiger partial charge in [0.1, 0.15) is 0 Å². The molecule has 0 bridgehead atoms. The Morgan fingerprint density at radius 2 is 1.86 bits per heavy atom. The van der Waals surface area contributed by atoms with E-state index >= 15 is 0 Å². The van der Waals surface area contributed by atoms with E-state index in [4.69, 9.17) is 17.3 Å². The van der Waals surface area contributed by atoms with E-state index in [-0.39, 0.29) is 5.92 Å². The van der Waals surface area contributed by atoms with Crippen LogP contribution in [-0.4, -0.2) is 15.9 Å². The molecule has 0 aliphatic rings. The van der Waals surface area contributed by atoms with Crippen molar-refractivity contribution in [3.05, 3.63) is 0 Å². The number of thiocarbonyl (C=S) groups is 1. The summed E-state index contributed by atoms with van der Waals surface area (Å²) in [6.07, 6.45) is 3.95. The van der Waals surface area contributed by atoms with Crippen LogP contribution in [0.25, 0.3) is 0 Å². The van der Waals surface area contributed by atoms with Gasteiger partial charge in [0.2, 0.25) is 0 Å². The van der Waals surface area contributed by atoms with Gasteiger partial charge in [0, 0.05) is 0 Å². The molecule has 2 nitrogen and oxygen atoms in total. The van der Waals surface area contributed by atoms with Gasteiger partial charge in [-0.05, 0) is 24.6 Å². The molecule has 0 saturated carbocycles. The van der Waals surface area contributed by atoms with Gasteiger partial charge in [0.25, 0.3) is 0 Å². The Bertz CT molecular complexity index is 167. The molecule has 0 aromatic carbocycles. The summed E-state index contributed by atoms with van der Waals surface area (Å²) in [5, 5.41) is 8.41. The first-order valence-electron chi connectivity index (χ1n) is 5.17. The van der Waals surface area contributed by atoms with Crippen LogP contribution in [0.1, 0.15) is 53.4 Å². The lowest BCUT2D eigenvalue weighted by molar-refractivity contribution is -0.141. The molecule has 0 heterocycles. The van der Waals surface area contributed by atoms with Crippen molar-refractivity contribution in [1.29, 1.82) is 0 Å². The van der Waals surface area contributed by atoms with Crippen LogP contribution in [0.15, 0.2) is 0 Å². The molecule has 0 aromatic heterocycles. The minimum Gasteiger partial charge on any atom is -0.481 e. The van der Waals surface area contributed by atoms with E-state index in [1.165, 1.54) is 0 Å². The molecule has 1 atom stereocenters. The molecule has 0 rings (SSSR count). The first-order chi connectivity index (χ1) is 6.45. The van der Waals surface area contributed by atoms with Crippen molar-refractivity contribution in [3.63, 3.8) is 0 Å². The van der Waals surface area contributed by atoms with Gasteiger partial charge in [-0.3, -0.25) is 4.79 Å². The van der Waals surface area contributed by atoms with Crippen molar-refractivity contribution in [2.45, 2.75) is 53.4 Å². The molecule has 0 aromatic rings. The third-order valence-corrected chi connectivity index (χ3v) is 2.20. The molecule has 0 fully saturated rings. The Morgan fingerprint density at radius 3 is 2.07 bits per heavy atom. The first kappa shape index (κ1) is 16.0. The predicted octanol–water partition coefficient (Wildman–Crippen LogP) is 3.68. The highest BCUT2D eigenvalue weighted by Crippen LogP contribution is 2.06. The largest absolute Gasteiger partial charge is 0.481 e. The Hall–Kier alpha value is -0.440. The first-order valence-corrected chi connectivity index (χ1v) is 5.58. The Labute approximate surface area is 92.7 Å². The maximum atomic E-state index is 10.2. The minimum absolute atomic E-state index is 0.162. The topological polar surface area (TPSA) is 37.3 Å². The fourth-order valence-electron chi connectivity index (χ4n) is 0.634. The SMILES string of the molecule is CCC(C)=S.CCCCC(C)C(=O)O. The molecule has 3 heteroatoms. The molecular weight excluding hydrogens is 196 g/mol. The van der Waals surface area contributed by atoms with Gasteiger partial charge in [-0.25, -0.2) is 0 Å². The highest BCUT2D eigenvalue weighted by Gasteiger charge is 2.08. The molecular formula is C11H22O2S. The van der Waals surface area contributed by atoms with Gasteiger partial charge in [-0.15, -0.1) is 0 Å². The van der Waals surface area contributed by atoms with Crippen LogP contribution in [0.2, 0.25) is 0 Å². The summed E-state index contributed by atoms with van der Waals surface area (Å²) in [7, 11) is 0. The van der Waals surface area contributed by atoms with Crippen molar-refractivity contribution < 1.29 is 9.90 Å². The van der Waals surface area contributed by atoms with Crippen molar-refractivity contribution in [2.24, 2.45) is 5.92 Å². The minimum atomic E-state index is -0.677. The monoisotopic (exact) mass is 218 g/mol. The number of carboxylic acids is 1. The summed E-state index contributed by atoms with van der Waals surface area (Å²) in [5.41, 5.74) is 0. The van der Waals surface area contributed by atoms with Gasteiger partial charge >= 0.3 is 5.97 Å². The maximum Gasteiger partial charge on any atom is 0.306 e. The normalized spacial score (nSPS) is 11.1. The number of carboxylic acid groups (broad SMARTS) is 1. The van der Waals surface area contributed by atoms with Crippen LogP contribution in [0.4, 0.5) is 0 Å². The van der Waals surface area contributed by atoms with E-state index in [9.17, 15) is 4.79 Å². The third kappa shape index (κ3) is 14.1. The zero-order chi connectivity index (χ0) is 11.6. The van der Waals surface area contributed by atoms with Crippen LogP contribution in [0.3, 0.4) is 0 Å². The van der Waals surface area contributed by atoms with E-state index < -0.39 is 5.97 Å². The maximum absolute atomic E-state index is 10.2. The second-order valence-electron chi connectivity index (χ2n) is 3.44. The fraction of sp³-hybridized carbons (Fsp3) is 0.818. The van der Waals surface area contributed by atoms with E-state index in [0.717, 1.165) is 30.5 Å². The highest BCUT2D eigenvalue weighted by molar-refractivity contribution is 7.80. The average Bonchev–Trinajstić information content (AvgIpc) is 2.14. The molecule has 0 spiro atoms. The van der Waals surface area contributed by atoms with Gasteiger partial charge in [-0.1, -0.05) is 45.8 Å². The highest BCUT2D eigenvalue weighted by atomic mass is 32.1. The van der Waals surface area contributed by atoms with E-state index in [1.807, 2.05) is 6.92 Å². The van der Waals surface area contributed by atoms with Crippen LogP contribution in [-0.2, 0) is 4.79 Å². The zero-order valence-electron chi connectivity index (χ0n) is 9.67. The van der Waals surface area contributed by atoms with Crippen molar-refractivity contribution in [3.8, 4) is 0 Å². The molecule has 0 saturated heterocycles. The lowest BCUT2D eigenvalue weighted by Gasteiger charge is -2.02. The second-order valence-corrected chi connectivity index (χ2v) is 4.13. The van der Waals surface area contributed by atoms with Gasteiger partial charge in [0.05, 0.1) is 5.92 Å². The lowest BCUT2D eigenvalue weighted by Crippen LogP contribution is -2.08. The summed E-state index contributed by atoms with van der Waals surface area (Å²) < 4.78 is 0. The summed E-state index contributed by atoms with van der Waals surface area (Å²) in [4.78, 5) is 11.3. The molecule has 14 heavy (non-hydrogen) atoms. The Morgan fingerprint density at radius 1 is 1.43 bits per heavy atom. The number of unbranched alkanes of at least 4 members (excludes halogenated alkanes) is 1. The number of aliphatic carboxylic acids is 1. The van der Waals surface area contributed by atoms with Gasteiger partial charge in [0.15, 0.2) is 0 Å². The van der Waals surface area contributed by atoms with E-state index in [1.54, 1.807) is 6.92 Å². The van der Waals surface area contributed by atoms with Crippen LogP contribution in [0, 0.1) is 5.92 Å². The molecule has 0 aliphatic carbocycles. The number of hydrogen-bond donors (Lipinski definition) is 1. The van der Waals surface area contributed by atoms with Crippen LogP contribution >= 0.6 is 12.2 Å². The molecule has 0 radical (unpaired) electrons. The summed E-state index contributed by atoms with van der Waals surface area (Å²) in [5.74, 6) is -0.839. The second kappa shape index (κ2) is 10.6. The smallest absolute Gasteiger partial charge is 0.306 e. The zero-order valence-corrected chi connectivity index (χ0v) is 10.5. The van der Waals surface area contributed by atoms with E-state index in [2.05, 4.69) is 13.8 Å². The quantitative estimate of drug-likeness (QED) is 0.715. The van der Waals surface area contributed by atoms with Gasteiger partial charge < -0.3 is 5.11 Å². The Balaban J connectivity index is 0. The van der Waals surface area contributed by atoms with Crippen molar-refractivity contribution in [2.75, 3.05) is 0 Å². The summed E-state index contributed by atoms with van der Waals surface area (Å²) in [6, 6.07) is 0. The van der Waals surface area contributed by atoms with E-state index in [0.29, 0.717) is 0 Å². The molecule has 84 valence electrons. The summed E-state index contributed by atoms with van der Waals surface area (Å²) in [6.45, 7) is 7.82. The molecule has 0 aliphatic heterocycles. The third-order valence-electron chi connectivity index (χ3n) is 1.91. The fourth-order valence-corrected chi connectivity index (χ4v) is 0.634. The lowest BCUT2D eigenvalue weighted by atomic mass is 10.1. The van der Waals surface area contributed by atoms with Crippen LogP contribution < -0.4 is 0 Å². The molecule has 0 amide bonds. The standard InChI is InChI=1S/C7H14O2.C4H8S/c1-3-4-5-6(2)7(8)9;1-3-4(2)5/h6H,3-5H2,1-2H3,(H,8,9);3H2,1-2H3.